The number of carbonyl (C=O) groups excluding carboxylic acids is 1. The van der Waals surface area contributed by atoms with E-state index in [1.807, 2.05) is 38.1 Å². The van der Waals surface area contributed by atoms with E-state index in [4.69, 9.17) is 0 Å². The van der Waals surface area contributed by atoms with Crippen LogP contribution in [0.2, 0.25) is 0 Å². The first-order chi connectivity index (χ1) is 13.0. The number of amides is 1. The summed E-state index contributed by atoms with van der Waals surface area (Å²) in [5.74, 6) is 0.0220. The minimum Gasteiger partial charge on any atom is -0.352 e. The Labute approximate surface area is 162 Å². The highest BCUT2D eigenvalue weighted by molar-refractivity contribution is 5.95. The van der Waals surface area contributed by atoms with Gasteiger partial charge in [0.05, 0.1) is 17.8 Å². The standard InChI is InChI=1S/C21H31N5O/c1-17-15-20(18(2)26(17)16-19-7-4-5-8-22-19)21(27)23-9-6-10-25-13-11-24(3)12-14-25/h4-5,7-8,15H,6,9-14,16H2,1-3H3,(H,23,27). The van der Waals surface area contributed by atoms with Crippen LogP contribution in [0.5, 0.6) is 0 Å². The zero-order valence-electron chi connectivity index (χ0n) is 16.7. The van der Waals surface area contributed by atoms with Crippen LogP contribution in [0, 0.1) is 13.8 Å². The van der Waals surface area contributed by atoms with Crippen LogP contribution in [0.1, 0.15) is 33.9 Å². The third-order valence-corrected chi connectivity index (χ3v) is 5.40. The quantitative estimate of drug-likeness (QED) is 0.758. The summed E-state index contributed by atoms with van der Waals surface area (Å²) in [4.78, 5) is 21.8. The van der Waals surface area contributed by atoms with Gasteiger partial charge in [0.15, 0.2) is 0 Å². The maximum Gasteiger partial charge on any atom is 0.253 e. The van der Waals surface area contributed by atoms with E-state index < -0.39 is 0 Å². The number of nitrogens with zero attached hydrogens (tertiary/aromatic N) is 4. The van der Waals surface area contributed by atoms with Crippen LogP contribution in [0.15, 0.2) is 30.5 Å². The number of hydrogen-bond donors (Lipinski definition) is 1. The maximum absolute atomic E-state index is 12.6. The second-order valence-electron chi connectivity index (χ2n) is 7.45. The molecule has 1 amide bonds. The molecule has 0 aromatic carbocycles. The van der Waals surface area contributed by atoms with Crippen LogP contribution in [-0.2, 0) is 6.54 Å². The lowest BCUT2D eigenvalue weighted by molar-refractivity contribution is 0.0948. The van der Waals surface area contributed by atoms with Gasteiger partial charge >= 0.3 is 0 Å². The number of aromatic nitrogens is 2. The van der Waals surface area contributed by atoms with Crippen molar-refractivity contribution in [2.75, 3.05) is 46.3 Å². The van der Waals surface area contributed by atoms with Crippen LogP contribution in [-0.4, -0.2) is 71.6 Å². The first-order valence-electron chi connectivity index (χ1n) is 9.80. The van der Waals surface area contributed by atoms with Crippen molar-refractivity contribution in [1.29, 1.82) is 0 Å². The van der Waals surface area contributed by atoms with Crippen molar-refractivity contribution < 1.29 is 4.79 Å². The van der Waals surface area contributed by atoms with Crippen molar-refractivity contribution in [3.05, 3.63) is 53.1 Å². The van der Waals surface area contributed by atoms with E-state index in [1.165, 1.54) is 0 Å². The molecule has 1 aliphatic heterocycles. The van der Waals surface area contributed by atoms with Crippen molar-refractivity contribution in [1.82, 2.24) is 24.7 Å². The lowest BCUT2D eigenvalue weighted by Crippen LogP contribution is -2.45. The van der Waals surface area contributed by atoms with Gasteiger partial charge in [-0.3, -0.25) is 9.78 Å². The normalized spacial score (nSPS) is 15.8. The molecule has 1 saturated heterocycles. The van der Waals surface area contributed by atoms with Crippen LogP contribution >= 0.6 is 0 Å². The second-order valence-corrected chi connectivity index (χ2v) is 7.45. The fourth-order valence-corrected chi connectivity index (χ4v) is 3.60. The molecule has 0 unspecified atom stereocenters. The summed E-state index contributed by atoms with van der Waals surface area (Å²) < 4.78 is 2.15. The van der Waals surface area contributed by atoms with Crippen LogP contribution in [0.4, 0.5) is 0 Å². The van der Waals surface area contributed by atoms with Gasteiger partial charge in [0.25, 0.3) is 5.91 Å². The Morgan fingerprint density at radius 2 is 1.96 bits per heavy atom. The molecule has 0 spiro atoms. The van der Waals surface area contributed by atoms with Gasteiger partial charge < -0.3 is 19.7 Å². The van der Waals surface area contributed by atoms with Crippen molar-refractivity contribution in [3.8, 4) is 0 Å². The summed E-state index contributed by atoms with van der Waals surface area (Å²) in [6.45, 7) is 11.0. The molecule has 1 fully saturated rings. The predicted octanol–water partition coefficient (Wildman–Crippen LogP) is 1.92. The van der Waals surface area contributed by atoms with Gasteiger partial charge in [0, 0.05) is 50.3 Å². The molecule has 0 atom stereocenters. The largest absolute Gasteiger partial charge is 0.352 e. The Bertz CT molecular complexity index is 747. The molecular weight excluding hydrogens is 338 g/mol. The van der Waals surface area contributed by atoms with Crippen LogP contribution in [0.3, 0.4) is 0 Å². The van der Waals surface area contributed by atoms with Gasteiger partial charge in [-0.2, -0.15) is 0 Å². The summed E-state index contributed by atoms with van der Waals surface area (Å²) in [5, 5.41) is 3.09. The van der Waals surface area contributed by atoms with E-state index in [0.29, 0.717) is 6.54 Å². The summed E-state index contributed by atoms with van der Waals surface area (Å²) in [5.41, 5.74) is 3.84. The summed E-state index contributed by atoms with van der Waals surface area (Å²) in [7, 11) is 2.17. The van der Waals surface area contributed by atoms with Gasteiger partial charge in [0.2, 0.25) is 0 Å². The SMILES string of the molecule is Cc1cc(C(=O)NCCCN2CCN(C)CC2)c(C)n1Cc1ccccn1. The molecule has 0 aliphatic carbocycles. The molecular formula is C21H31N5O. The molecule has 1 aliphatic rings. The molecule has 1 N–H and O–H groups in total. The molecule has 3 rings (SSSR count). The molecule has 0 bridgehead atoms. The first kappa shape index (κ1) is 19.6. The van der Waals surface area contributed by atoms with E-state index in [0.717, 1.165) is 68.3 Å². The minimum atomic E-state index is 0.0220. The van der Waals surface area contributed by atoms with Gasteiger partial charge in [-0.05, 0) is 52.1 Å². The Morgan fingerprint density at radius 1 is 1.19 bits per heavy atom. The number of piperazine rings is 1. The molecule has 27 heavy (non-hydrogen) atoms. The van der Waals surface area contributed by atoms with E-state index in [9.17, 15) is 4.79 Å². The average Bonchev–Trinajstić information content (AvgIpc) is 2.95. The zero-order chi connectivity index (χ0) is 19.2. The highest BCUT2D eigenvalue weighted by Gasteiger charge is 2.16. The monoisotopic (exact) mass is 369 g/mol. The molecule has 2 aromatic rings. The van der Waals surface area contributed by atoms with Gasteiger partial charge in [-0.25, -0.2) is 0 Å². The van der Waals surface area contributed by atoms with Gasteiger partial charge in [-0.1, -0.05) is 6.07 Å². The molecule has 146 valence electrons. The second kappa shape index (κ2) is 9.15. The number of rotatable bonds is 7. The number of aryl methyl sites for hydroxylation is 1. The Balaban J connectivity index is 1.50. The number of hydrogen-bond acceptors (Lipinski definition) is 4. The number of nitrogens with one attached hydrogen (secondary N) is 1. The smallest absolute Gasteiger partial charge is 0.253 e. The lowest BCUT2D eigenvalue weighted by atomic mass is 10.2. The molecule has 6 nitrogen and oxygen atoms in total. The molecule has 0 radical (unpaired) electrons. The summed E-state index contributed by atoms with van der Waals surface area (Å²) in [6, 6.07) is 7.90. The molecule has 2 aromatic heterocycles. The third kappa shape index (κ3) is 5.17. The molecule has 0 saturated carbocycles. The summed E-state index contributed by atoms with van der Waals surface area (Å²) >= 11 is 0. The minimum absolute atomic E-state index is 0.0220. The number of pyridine rings is 1. The van der Waals surface area contributed by atoms with Crippen molar-refractivity contribution >= 4 is 5.91 Å². The zero-order valence-corrected chi connectivity index (χ0v) is 16.7. The van der Waals surface area contributed by atoms with E-state index >= 15 is 0 Å². The highest BCUT2D eigenvalue weighted by Crippen LogP contribution is 2.16. The van der Waals surface area contributed by atoms with E-state index in [2.05, 4.69) is 31.7 Å². The Kier molecular flexibility index (Phi) is 6.63. The van der Waals surface area contributed by atoms with Gasteiger partial charge in [0.1, 0.15) is 0 Å². The van der Waals surface area contributed by atoms with Crippen molar-refractivity contribution in [2.45, 2.75) is 26.8 Å². The Morgan fingerprint density at radius 3 is 2.67 bits per heavy atom. The van der Waals surface area contributed by atoms with Crippen molar-refractivity contribution in [2.24, 2.45) is 0 Å². The van der Waals surface area contributed by atoms with E-state index in [-0.39, 0.29) is 5.91 Å². The highest BCUT2D eigenvalue weighted by atomic mass is 16.1. The predicted molar refractivity (Wildman–Crippen MR) is 108 cm³/mol. The Hall–Kier alpha value is -2.18. The molecule has 6 heteroatoms. The average molecular weight is 370 g/mol. The number of likely N-dealkylation sites (N-methyl/N-ethyl adjacent to an activating group) is 1. The molecule has 3 heterocycles. The fraction of sp³-hybridized carbons (Fsp3) is 0.524. The van der Waals surface area contributed by atoms with Gasteiger partial charge in [-0.15, -0.1) is 0 Å². The third-order valence-electron chi connectivity index (χ3n) is 5.40. The maximum atomic E-state index is 12.6. The first-order valence-corrected chi connectivity index (χ1v) is 9.80. The fourth-order valence-electron chi connectivity index (χ4n) is 3.60. The number of carbonyl (C=O) groups is 1. The van der Waals surface area contributed by atoms with Crippen LogP contribution < -0.4 is 5.32 Å². The van der Waals surface area contributed by atoms with Crippen LogP contribution in [0.25, 0.3) is 0 Å². The van der Waals surface area contributed by atoms with E-state index in [1.54, 1.807) is 6.20 Å². The summed E-state index contributed by atoms with van der Waals surface area (Å²) in [6.07, 6.45) is 2.79. The topological polar surface area (TPSA) is 53.4 Å². The van der Waals surface area contributed by atoms with Crippen molar-refractivity contribution in [3.63, 3.8) is 0 Å². The lowest BCUT2D eigenvalue weighted by Gasteiger charge is -2.32.